The van der Waals surface area contributed by atoms with Crippen LogP contribution in [0, 0.1) is 5.92 Å². The van der Waals surface area contributed by atoms with Crippen molar-refractivity contribution in [2.75, 3.05) is 34.4 Å². The third-order valence-electron chi connectivity index (χ3n) is 3.66. The topological polar surface area (TPSA) is 59.0 Å². The van der Waals surface area contributed by atoms with Crippen LogP contribution in [-0.2, 0) is 4.79 Å². The van der Waals surface area contributed by atoms with Crippen LogP contribution in [0.2, 0.25) is 0 Å². The Morgan fingerprint density at radius 1 is 1.26 bits per heavy atom. The molecule has 1 aliphatic heterocycles. The van der Waals surface area contributed by atoms with Gasteiger partial charge in [0.2, 0.25) is 0 Å². The maximum atomic E-state index is 11.3. The van der Waals surface area contributed by atoms with E-state index in [4.69, 9.17) is 9.47 Å². The molecule has 0 radical (unpaired) electrons. The zero-order valence-electron chi connectivity index (χ0n) is 11.4. The first-order chi connectivity index (χ1) is 9.06. The SMILES string of the molecule is COc1ccc([C@H]2CN(C)C[C@H]2C(=O)O)cc1OC. The number of methoxy groups -OCH3 is 2. The van der Waals surface area contributed by atoms with E-state index in [-0.39, 0.29) is 11.8 Å². The number of likely N-dealkylation sites (N-methyl/N-ethyl adjacent to an activating group) is 1. The van der Waals surface area contributed by atoms with Crippen molar-refractivity contribution in [2.24, 2.45) is 5.92 Å². The van der Waals surface area contributed by atoms with E-state index in [2.05, 4.69) is 0 Å². The molecule has 5 nitrogen and oxygen atoms in total. The number of carboxylic acids is 1. The second-order valence-corrected chi connectivity index (χ2v) is 4.89. The highest BCUT2D eigenvalue weighted by atomic mass is 16.5. The molecule has 2 atom stereocenters. The molecular formula is C14H19NO4. The van der Waals surface area contributed by atoms with Crippen LogP contribution in [0.15, 0.2) is 18.2 Å². The molecule has 1 fully saturated rings. The quantitative estimate of drug-likeness (QED) is 0.892. The van der Waals surface area contributed by atoms with Crippen molar-refractivity contribution in [2.45, 2.75) is 5.92 Å². The van der Waals surface area contributed by atoms with Gasteiger partial charge in [-0.15, -0.1) is 0 Å². The van der Waals surface area contributed by atoms with Gasteiger partial charge in [-0.25, -0.2) is 0 Å². The van der Waals surface area contributed by atoms with Gasteiger partial charge in [-0.3, -0.25) is 4.79 Å². The molecule has 1 aliphatic rings. The zero-order valence-corrected chi connectivity index (χ0v) is 11.4. The molecule has 19 heavy (non-hydrogen) atoms. The molecule has 0 aliphatic carbocycles. The number of aliphatic carboxylic acids is 1. The number of benzene rings is 1. The van der Waals surface area contributed by atoms with Gasteiger partial charge in [0.1, 0.15) is 0 Å². The van der Waals surface area contributed by atoms with Crippen LogP contribution in [0.4, 0.5) is 0 Å². The van der Waals surface area contributed by atoms with Gasteiger partial charge in [-0.1, -0.05) is 6.07 Å². The van der Waals surface area contributed by atoms with Gasteiger partial charge in [-0.05, 0) is 24.7 Å². The highest BCUT2D eigenvalue weighted by Gasteiger charge is 2.37. The number of carbonyl (C=O) groups is 1. The Hall–Kier alpha value is -1.75. The van der Waals surface area contributed by atoms with Gasteiger partial charge >= 0.3 is 5.97 Å². The Morgan fingerprint density at radius 2 is 1.95 bits per heavy atom. The number of hydrogen-bond acceptors (Lipinski definition) is 4. The summed E-state index contributed by atoms with van der Waals surface area (Å²) in [7, 11) is 5.11. The minimum atomic E-state index is -0.746. The molecule has 1 saturated heterocycles. The molecule has 0 amide bonds. The van der Waals surface area contributed by atoms with Crippen molar-refractivity contribution in [3.63, 3.8) is 0 Å². The average Bonchev–Trinajstić information content (AvgIpc) is 2.80. The van der Waals surface area contributed by atoms with Gasteiger partial charge in [0.05, 0.1) is 20.1 Å². The number of ether oxygens (including phenoxy) is 2. The van der Waals surface area contributed by atoms with E-state index >= 15 is 0 Å². The maximum absolute atomic E-state index is 11.3. The first-order valence-corrected chi connectivity index (χ1v) is 6.20. The minimum Gasteiger partial charge on any atom is -0.493 e. The van der Waals surface area contributed by atoms with E-state index in [1.54, 1.807) is 14.2 Å². The first kappa shape index (κ1) is 13.7. The minimum absolute atomic E-state index is 0.0118. The monoisotopic (exact) mass is 265 g/mol. The van der Waals surface area contributed by atoms with Crippen LogP contribution in [-0.4, -0.2) is 50.3 Å². The van der Waals surface area contributed by atoms with E-state index in [9.17, 15) is 9.90 Å². The van der Waals surface area contributed by atoms with Crippen LogP contribution >= 0.6 is 0 Å². The lowest BCUT2D eigenvalue weighted by atomic mass is 9.89. The number of hydrogen-bond donors (Lipinski definition) is 1. The predicted molar refractivity (Wildman–Crippen MR) is 70.9 cm³/mol. The fraction of sp³-hybridized carbons (Fsp3) is 0.500. The smallest absolute Gasteiger partial charge is 0.308 e. The van der Waals surface area contributed by atoms with Gasteiger partial charge in [0, 0.05) is 19.0 Å². The molecule has 1 aromatic rings. The highest BCUT2D eigenvalue weighted by Crippen LogP contribution is 2.36. The van der Waals surface area contributed by atoms with Crippen molar-refractivity contribution >= 4 is 5.97 Å². The van der Waals surface area contributed by atoms with E-state index in [0.29, 0.717) is 18.0 Å². The van der Waals surface area contributed by atoms with Crippen LogP contribution in [0.3, 0.4) is 0 Å². The summed E-state index contributed by atoms with van der Waals surface area (Å²) < 4.78 is 10.5. The third kappa shape index (κ3) is 2.66. The van der Waals surface area contributed by atoms with Crippen molar-refractivity contribution in [3.05, 3.63) is 23.8 Å². The van der Waals surface area contributed by atoms with Crippen LogP contribution in [0.25, 0.3) is 0 Å². The van der Waals surface area contributed by atoms with Crippen LogP contribution in [0.5, 0.6) is 11.5 Å². The summed E-state index contributed by atoms with van der Waals surface area (Å²) in [6.45, 7) is 1.32. The molecule has 2 rings (SSSR count). The van der Waals surface area contributed by atoms with E-state index < -0.39 is 5.97 Å². The molecule has 1 aromatic carbocycles. The van der Waals surface area contributed by atoms with Crippen LogP contribution in [0.1, 0.15) is 11.5 Å². The van der Waals surface area contributed by atoms with Crippen molar-refractivity contribution in [1.82, 2.24) is 4.90 Å². The van der Waals surface area contributed by atoms with E-state index in [0.717, 1.165) is 12.1 Å². The maximum Gasteiger partial charge on any atom is 0.308 e. The lowest BCUT2D eigenvalue weighted by molar-refractivity contribution is -0.141. The fourth-order valence-electron chi connectivity index (χ4n) is 2.67. The Morgan fingerprint density at radius 3 is 2.53 bits per heavy atom. The summed E-state index contributed by atoms with van der Waals surface area (Å²) >= 11 is 0. The van der Waals surface area contributed by atoms with Gasteiger partial charge in [0.25, 0.3) is 0 Å². The normalized spacial score (nSPS) is 23.3. The number of carboxylic acid groups (broad SMARTS) is 1. The zero-order chi connectivity index (χ0) is 14.0. The van der Waals surface area contributed by atoms with Crippen molar-refractivity contribution in [1.29, 1.82) is 0 Å². The first-order valence-electron chi connectivity index (χ1n) is 6.20. The predicted octanol–water partition coefficient (Wildman–Crippen LogP) is 1.43. The third-order valence-corrected chi connectivity index (χ3v) is 3.66. The lowest BCUT2D eigenvalue weighted by Gasteiger charge is -2.17. The largest absolute Gasteiger partial charge is 0.493 e. The second-order valence-electron chi connectivity index (χ2n) is 4.89. The average molecular weight is 265 g/mol. The number of nitrogens with zero attached hydrogens (tertiary/aromatic N) is 1. The van der Waals surface area contributed by atoms with E-state index in [1.165, 1.54) is 0 Å². The Kier molecular flexibility index (Phi) is 3.95. The molecule has 0 saturated carbocycles. The molecule has 0 unspecified atom stereocenters. The summed E-state index contributed by atoms with van der Waals surface area (Å²) in [6.07, 6.45) is 0. The Bertz CT molecular complexity index is 475. The van der Waals surface area contributed by atoms with Crippen LogP contribution < -0.4 is 9.47 Å². The van der Waals surface area contributed by atoms with Gasteiger partial charge < -0.3 is 19.5 Å². The molecule has 104 valence electrons. The van der Waals surface area contributed by atoms with Gasteiger partial charge in [-0.2, -0.15) is 0 Å². The second kappa shape index (κ2) is 5.48. The lowest BCUT2D eigenvalue weighted by Crippen LogP contribution is -2.21. The summed E-state index contributed by atoms with van der Waals surface area (Å²) in [5.41, 5.74) is 0.981. The summed E-state index contributed by atoms with van der Waals surface area (Å²) in [5, 5.41) is 9.31. The highest BCUT2D eigenvalue weighted by molar-refractivity contribution is 5.72. The Balaban J connectivity index is 2.33. The summed E-state index contributed by atoms with van der Waals surface area (Å²) in [6, 6.07) is 5.62. The fourth-order valence-corrected chi connectivity index (χ4v) is 2.67. The Labute approximate surface area is 112 Å². The standard InChI is InChI=1S/C14H19NO4/c1-15-7-10(11(8-15)14(16)17)9-4-5-12(18-2)13(6-9)19-3/h4-6,10-11H,7-8H2,1-3H3,(H,16,17)/t10-,11-/m1/s1. The molecule has 0 aromatic heterocycles. The summed E-state index contributed by atoms with van der Waals surface area (Å²) in [4.78, 5) is 13.4. The summed E-state index contributed by atoms with van der Waals surface area (Å²) in [5.74, 6) is 0.165. The molecule has 0 spiro atoms. The molecule has 1 N–H and O–H groups in total. The molecule has 0 bridgehead atoms. The molecule has 5 heteroatoms. The van der Waals surface area contributed by atoms with E-state index in [1.807, 2.05) is 30.1 Å². The number of rotatable bonds is 4. The molecular weight excluding hydrogens is 246 g/mol. The van der Waals surface area contributed by atoms with Gasteiger partial charge in [0.15, 0.2) is 11.5 Å². The van der Waals surface area contributed by atoms with Crippen molar-refractivity contribution in [3.8, 4) is 11.5 Å². The molecule has 1 heterocycles. The van der Waals surface area contributed by atoms with Crippen molar-refractivity contribution < 1.29 is 19.4 Å². The number of likely N-dealkylation sites (tertiary alicyclic amines) is 1.